The normalized spacial score (nSPS) is 20.7. The number of pyridine rings is 1. The fourth-order valence-electron chi connectivity index (χ4n) is 9.09. The summed E-state index contributed by atoms with van der Waals surface area (Å²) in [4.78, 5) is 7.85. The van der Waals surface area contributed by atoms with Crippen LogP contribution in [0.5, 0.6) is 11.5 Å². The van der Waals surface area contributed by atoms with Crippen LogP contribution >= 0.6 is 0 Å². The van der Waals surface area contributed by atoms with Gasteiger partial charge in [0, 0.05) is 6.20 Å². The number of anilines is 2. The van der Waals surface area contributed by atoms with Gasteiger partial charge in [-0.3, -0.25) is 0 Å². The summed E-state index contributed by atoms with van der Waals surface area (Å²) in [7, 11) is 2.13. The number of imidazole rings is 1. The molecule has 3 heterocycles. The van der Waals surface area contributed by atoms with Gasteiger partial charge in [-0.15, -0.1) is 0 Å². The van der Waals surface area contributed by atoms with Gasteiger partial charge in [0.25, 0.3) is 0 Å². The summed E-state index contributed by atoms with van der Waals surface area (Å²) in [6, 6.07) is 28.6. The molecular formula is C41H46N4OPt. The zero-order valence-corrected chi connectivity index (χ0v) is 30.4. The Labute approximate surface area is 290 Å². The Morgan fingerprint density at radius 2 is 1.57 bits per heavy atom. The Hall–Kier alpha value is -3.43. The molecule has 0 bridgehead atoms. The van der Waals surface area contributed by atoms with Crippen LogP contribution in [0.1, 0.15) is 95.6 Å². The Balaban J connectivity index is 1.24. The summed E-state index contributed by atoms with van der Waals surface area (Å²) in [5, 5.41) is 0. The minimum absolute atomic E-state index is 0.0549. The standard InChI is InChI=1S/C41H46N4O.Pt/c1-40(2,3)29-21-24-42-39(25-29)45-38-27-32(19-20-34(38)33-15-6-7-16-35(33)41(45)22-10-5-11-23-41)46-31-14-12-13-30(26-31)44-28-43(4)36-17-8-9-18-37(36)44;/h8-9,12-14,17-21,24-27,33,35H,5-7,10-11,15-16,22-23H2,1-4H3;. The van der Waals surface area contributed by atoms with Crippen molar-refractivity contribution in [1.29, 1.82) is 0 Å². The molecule has 47 heavy (non-hydrogen) atoms. The number of aryl methyl sites for hydroxylation is 1. The van der Waals surface area contributed by atoms with Gasteiger partial charge < -0.3 is 0 Å². The first-order chi connectivity index (χ1) is 22.7. The summed E-state index contributed by atoms with van der Waals surface area (Å²) >= 11 is 2.42. The van der Waals surface area contributed by atoms with Gasteiger partial charge in [-0.25, -0.2) is 0 Å². The molecule has 2 aromatic heterocycles. The molecule has 6 heteroatoms. The van der Waals surface area contributed by atoms with Crippen molar-refractivity contribution in [3.8, 4) is 17.2 Å². The van der Waals surface area contributed by atoms with Gasteiger partial charge in [0.15, 0.2) is 0 Å². The molecule has 2 saturated carbocycles. The first-order valence-corrected chi connectivity index (χ1v) is 18.7. The molecule has 2 unspecified atom stereocenters. The van der Waals surface area contributed by atoms with Gasteiger partial charge in [-0.05, 0) is 23.5 Å². The van der Waals surface area contributed by atoms with E-state index in [2.05, 4.69) is 140 Å². The maximum atomic E-state index is 6.77. The third kappa shape index (κ3) is 5.25. The van der Waals surface area contributed by atoms with Crippen LogP contribution in [0, 0.1) is 9.72 Å². The van der Waals surface area contributed by atoms with Crippen molar-refractivity contribution in [3.63, 3.8) is 0 Å². The Morgan fingerprint density at radius 3 is 2.38 bits per heavy atom. The summed E-state index contributed by atoms with van der Waals surface area (Å²) in [6.07, 6.45) is 13.7. The monoisotopic (exact) mass is 805 g/mol. The van der Waals surface area contributed by atoms with Gasteiger partial charge in [0.1, 0.15) is 0 Å². The summed E-state index contributed by atoms with van der Waals surface area (Å²) in [6.45, 7) is 6.92. The van der Waals surface area contributed by atoms with Gasteiger partial charge in [-0.1, -0.05) is 52.9 Å². The molecule has 3 aromatic carbocycles. The first kappa shape index (κ1) is 30.9. The molecule has 1 spiro atoms. The van der Waals surface area contributed by atoms with Crippen LogP contribution in [-0.4, -0.2) is 19.7 Å². The van der Waals surface area contributed by atoms with Crippen LogP contribution < -0.4 is 9.64 Å². The third-order valence-corrected chi connectivity index (χ3v) is 12.6. The molecular weight excluding hydrogens is 760 g/mol. The Morgan fingerprint density at radius 1 is 0.809 bits per heavy atom. The second-order valence-corrected chi connectivity index (χ2v) is 16.1. The fraction of sp³-hybridized carbons (Fsp3) is 0.415. The van der Waals surface area contributed by atoms with Crippen molar-refractivity contribution in [2.75, 3.05) is 4.90 Å². The van der Waals surface area contributed by atoms with E-state index in [1.54, 1.807) is 0 Å². The van der Waals surface area contributed by atoms with Gasteiger partial charge >= 0.3 is 209 Å². The molecule has 5 aromatic rings. The molecule has 2 aliphatic carbocycles. The van der Waals surface area contributed by atoms with Crippen LogP contribution in [0.2, 0.25) is 0 Å². The molecule has 1 aliphatic heterocycles. The molecule has 0 radical (unpaired) electrons. The van der Waals surface area contributed by atoms with E-state index in [9.17, 15) is 0 Å². The van der Waals surface area contributed by atoms with Crippen LogP contribution in [0.15, 0.2) is 85.1 Å². The molecule has 8 rings (SSSR count). The van der Waals surface area contributed by atoms with Crippen LogP contribution in [0.25, 0.3) is 16.7 Å². The minimum atomic E-state index is 0.0549. The van der Waals surface area contributed by atoms with E-state index in [0.29, 0.717) is 11.8 Å². The molecule has 3 aliphatic rings. The number of aromatic nitrogens is 3. The molecule has 0 N–H and O–H groups in total. The quantitative estimate of drug-likeness (QED) is 0.182. The van der Waals surface area contributed by atoms with E-state index in [1.165, 1.54) is 85.6 Å². The Bertz CT molecular complexity index is 2010. The zero-order chi connectivity index (χ0) is 32.3. The van der Waals surface area contributed by atoms with E-state index < -0.39 is 0 Å². The van der Waals surface area contributed by atoms with Gasteiger partial charge in [0.2, 0.25) is 0 Å². The molecule has 0 saturated heterocycles. The van der Waals surface area contributed by atoms with Crippen LogP contribution in [-0.2, 0) is 31.8 Å². The van der Waals surface area contributed by atoms with Crippen molar-refractivity contribution in [1.82, 2.24) is 14.1 Å². The second kappa shape index (κ2) is 11.9. The van der Waals surface area contributed by atoms with Crippen molar-refractivity contribution in [2.45, 2.75) is 95.4 Å². The zero-order valence-electron chi connectivity index (χ0n) is 28.1. The van der Waals surface area contributed by atoms with Gasteiger partial charge in [-0.2, -0.15) is 0 Å². The predicted octanol–water partition coefficient (Wildman–Crippen LogP) is 10.7. The van der Waals surface area contributed by atoms with Crippen LogP contribution in [0.4, 0.5) is 11.5 Å². The summed E-state index contributed by atoms with van der Waals surface area (Å²) < 4.78 is 12.5. The number of ether oxygens (including phenoxy) is 1. The van der Waals surface area contributed by atoms with Crippen molar-refractivity contribution >= 4 is 22.5 Å². The number of nitrogens with zero attached hydrogens (tertiary/aromatic N) is 4. The average molecular weight is 806 g/mol. The topological polar surface area (TPSA) is 35.2 Å². The Kier molecular flexibility index (Phi) is 7.83. The van der Waals surface area contributed by atoms with E-state index in [-0.39, 0.29) is 11.0 Å². The maximum absolute atomic E-state index is 6.77. The first-order valence-electron chi connectivity index (χ1n) is 17.6. The van der Waals surface area contributed by atoms with Crippen molar-refractivity contribution < 1.29 is 24.1 Å². The SMILES string of the molecule is Cn1[c](=[Pt])n(-c2cccc(Oc3ccc4c(c3)N(c3cc(C(C)(C)C)ccn3)C3(CCCCC3)C3CCCCC43)c2)c2ccccc21. The number of para-hydroxylation sites is 2. The average Bonchev–Trinajstić information content (AvgIpc) is 3.34. The van der Waals surface area contributed by atoms with Gasteiger partial charge in [0.05, 0.1) is 0 Å². The molecule has 2 atom stereocenters. The van der Waals surface area contributed by atoms with Crippen molar-refractivity contribution in [3.05, 3.63) is 100.0 Å². The summed E-state index contributed by atoms with van der Waals surface area (Å²) in [5.74, 6) is 4.09. The number of hydrogen-bond donors (Lipinski definition) is 0. The van der Waals surface area contributed by atoms with Crippen LogP contribution in [0.3, 0.4) is 0 Å². The second-order valence-electron chi connectivity index (χ2n) is 15.1. The van der Waals surface area contributed by atoms with Crippen molar-refractivity contribution in [2.24, 2.45) is 13.0 Å². The predicted molar refractivity (Wildman–Crippen MR) is 188 cm³/mol. The number of hydrogen-bond acceptors (Lipinski definition) is 3. The van der Waals surface area contributed by atoms with E-state index in [0.717, 1.165) is 26.8 Å². The molecule has 246 valence electrons. The fourth-order valence-corrected chi connectivity index (χ4v) is 9.93. The molecule has 0 amide bonds. The third-order valence-electron chi connectivity index (χ3n) is 11.3. The number of fused-ring (bicyclic) bond motifs is 5. The van der Waals surface area contributed by atoms with E-state index in [1.807, 2.05) is 6.20 Å². The molecule has 2 fully saturated rings. The molecule has 5 nitrogen and oxygen atoms in total. The number of benzene rings is 3. The number of rotatable bonds is 4. The summed E-state index contributed by atoms with van der Waals surface area (Å²) in [5.41, 5.74) is 7.77. The van der Waals surface area contributed by atoms with E-state index in [4.69, 9.17) is 9.72 Å². The van der Waals surface area contributed by atoms with E-state index >= 15 is 0 Å².